The van der Waals surface area contributed by atoms with E-state index in [0.717, 1.165) is 11.1 Å². The Bertz CT molecular complexity index is 623. The van der Waals surface area contributed by atoms with Crippen LogP contribution in [-0.4, -0.2) is 9.97 Å². The zero-order valence-electron chi connectivity index (χ0n) is 8.69. The molecule has 0 saturated heterocycles. The van der Waals surface area contributed by atoms with Gasteiger partial charge in [0.2, 0.25) is 0 Å². The molecule has 78 valence electrons. The van der Waals surface area contributed by atoms with Crippen LogP contribution in [0.3, 0.4) is 0 Å². The minimum Gasteiger partial charge on any atom is -0.312 e. The number of hydrogen-bond acceptors (Lipinski definition) is 3. The van der Waals surface area contributed by atoms with Gasteiger partial charge in [0.15, 0.2) is 0 Å². The van der Waals surface area contributed by atoms with Crippen molar-refractivity contribution in [1.29, 1.82) is 5.26 Å². The molecule has 1 aromatic carbocycles. The quantitative estimate of drug-likeness (QED) is 0.779. The van der Waals surface area contributed by atoms with Crippen LogP contribution in [0.1, 0.15) is 11.1 Å². The van der Waals surface area contributed by atoms with E-state index in [0.29, 0.717) is 5.69 Å². The van der Waals surface area contributed by atoms with Gasteiger partial charge >= 0.3 is 0 Å². The lowest BCUT2D eigenvalue weighted by atomic mass is 10.0. The average Bonchev–Trinajstić information content (AvgIpc) is 2.29. The van der Waals surface area contributed by atoms with E-state index < -0.39 is 5.56 Å². The Balaban J connectivity index is 2.76. The third-order valence-electron chi connectivity index (χ3n) is 2.37. The van der Waals surface area contributed by atoms with E-state index in [1.165, 1.54) is 6.33 Å². The molecular weight excluding hydrogens is 202 g/mol. The minimum atomic E-state index is -0.407. The van der Waals surface area contributed by atoms with Crippen molar-refractivity contribution >= 4 is 0 Å². The first-order valence-corrected chi connectivity index (χ1v) is 4.78. The van der Waals surface area contributed by atoms with E-state index in [9.17, 15) is 4.79 Å². The Hall–Kier alpha value is -2.41. The molecule has 0 aliphatic rings. The van der Waals surface area contributed by atoms with Gasteiger partial charge in [-0.2, -0.15) is 5.26 Å². The van der Waals surface area contributed by atoms with E-state index in [1.54, 1.807) is 0 Å². The molecule has 0 atom stereocenters. The fraction of sp³-hybridized carbons (Fsp3) is 0.0833. The van der Waals surface area contributed by atoms with E-state index in [2.05, 4.69) is 9.97 Å². The van der Waals surface area contributed by atoms with E-state index in [4.69, 9.17) is 5.26 Å². The van der Waals surface area contributed by atoms with E-state index in [-0.39, 0.29) is 5.56 Å². The maximum absolute atomic E-state index is 11.4. The van der Waals surface area contributed by atoms with Crippen molar-refractivity contribution in [3.63, 3.8) is 0 Å². The maximum Gasteiger partial charge on any atom is 0.269 e. The van der Waals surface area contributed by atoms with Gasteiger partial charge in [-0.15, -0.1) is 0 Å². The smallest absolute Gasteiger partial charge is 0.269 e. The summed E-state index contributed by atoms with van der Waals surface area (Å²) in [6.07, 6.45) is 1.31. The Kier molecular flexibility index (Phi) is 2.52. The van der Waals surface area contributed by atoms with Crippen LogP contribution in [-0.2, 0) is 0 Å². The standard InChI is InChI=1S/C12H9N3O/c1-8-4-2-3-5-9(8)11-10(6-13)12(16)15-7-14-11/h2-5,7H,1H3,(H,14,15,16). The van der Waals surface area contributed by atoms with Gasteiger partial charge in [0, 0.05) is 5.56 Å². The third-order valence-corrected chi connectivity index (χ3v) is 2.37. The van der Waals surface area contributed by atoms with Crippen LogP contribution >= 0.6 is 0 Å². The molecule has 0 spiro atoms. The minimum absolute atomic E-state index is 0.0526. The van der Waals surface area contributed by atoms with Gasteiger partial charge in [-0.1, -0.05) is 24.3 Å². The van der Waals surface area contributed by atoms with Crippen LogP contribution in [0.25, 0.3) is 11.3 Å². The molecule has 0 unspecified atom stereocenters. The van der Waals surface area contributed by atoms with Gasteiger partial charge in [0.25, 0.3) is 5.56 Å². The van der Waals surface area contributed by atoms with Gasteiger partial charge in [0.1, 0.15) is 11.6 Å². The molecule has 1 aromatic heterocycles. The van der Waals surface area contributed by atoms with Crippen LogP contribution in [0.5, 0.6) is 0 Å². The highest BCUT2D eigenvalue weighted by molar-refractivity contribution is 5.68. The highest BCUT2D eigenvalue weighted by Gasteiger charge is 2.11. The monoisotopic (exact) mass is 211 g/mol. The fourth-order valence-electron chi connectivity index (χ4n) is 1.55. The summed E-state index contributed by atoms with van der Waals surface area (Å²) in [6.45, 7) is 1.92. The zero-order chi connectivity index (χ0) is 11.5. The van der Waals surface area contributed by atoms with Crippen LogP contribution in [0.4, 0.5) is 0 Å². The molecule has 0 radical (unpaired) electrons. The molecule has 0 bridgehead atoms. The van der Waals surface area contributed by atoms with Gasteiger partial charge in [0.05, 0.1) is 12.0 Å². The van der Waals surface area contributed by atoms with Crippen LogP contribution in [0.2, 0.25) is 0 Å². The van der Waals surface area contributed by atoms with Crippen molar-refractivity contribution in [3.05, 3.63) is 52.1 Å². The molecule has 0 saturated carbocycles. The number of hydrogen-bond donors (Lipinski definition) is 1. The molecular formula is C12H9N3O. The lowest BCUT2D eigenvalue weighted by Crippen LogP contribution is -2.12. The first kappa shape index (κ1) is 10.1. The van der Waals surface area contributed by atoms with Gasteiger partial charge < -0.3 is 4.98 Å². The largest absolute Gasteiger partial charge is 0.312 e. The molecule has 0 aliphatic carbocycles. The summed E-state index contributed by atoms with van der Waals surface area (Å²) in [5.74, 6) is 0. The summed E-state index contributed by atoms with van der Waals surface area (Å²) in [4.78, 5) is 17.9. The SMILES string of the molecule is Cc1ccccc1-c1nc[nH]c(=O)c1C#N. The molecule has 0 aliphatic heterocycles. The fourth-order valence-corrected chi connectivity index (χ4v) is 1.55. The van der Waals surface area contributed by atoms with Crippen molar-refractivity contribution in [2.45, 2.75) is 6.92 Å². The Morgan fingerprint density at radius 2 is 2.12 bits per heavy atom. The number of aromatic amines is 1. The Morgan fingerprint density at radius 3 is 2.81 bits per heavy atom. The molecule has 1 N–H and O–H groups in total. The first-order valence-electron chi connectivity index (χ1n) is 4.78. The van der Waals surface area contributed by atoms with E-state index in [1.807, 2.05) is 37.3 Å². The molecule has 4 heteroatoms. The molecule has 0 amide bonds. The second-order valence-electron chi connectivity index (χ2n) is 3.38. The summed E-state index contributed by atoms with van der Waals surface area (Å²) in [5, 5.41) is 8.94. The molecule has 0 fully saturated rings. The number of nitriles is 1. The summed E-state index contributed by atoms with van der Waals surface area (Å²) in [5.41, 5.74) is 1.87. The number of benzene rings is 1. The number of nitrogens with zero attached hydrogens (tertiary/aromatic N) is 2. The predicted octanol–water partition coefficient (Wildman–Crippen LogP) is 1.62. The summed E-state index contributed by atoms with van der Waals surface area (Å²) < 4.78 is 0. The second-order valence-corrected chi connectivity index (χ2v) is 3.38. The van der Waals surface area contributed by atoms with Crippen LogP contribution in [0.15, 0.2) is 35.4 Å². The lowest BCUT2D eigenvalue weighted by molar-refractivity contribution is 1.10. The first-order chi connectivity index (χ1) is 7.74. The number of nitrogens with one attached hydrogen (secondary N) is 1. The lowest BCUT2D eigenvalue weighted by Gasteiger charge is -2.04. The molecule has 16 heavy (non-hydrogen) atoms. The summed E-state index contributed by atoms with van der Waals surface area (Å²) in [7, 11) is 0. The van der Waals surface area contributed by atoms with Crippen LogP contribution < -0.4 is 5.56 Å². The molecule has 2 aromatic rings. The van der Waals surface area contributed by atoms with Crippen molar-refractivity contribution in [2.24, 2.45) is 0 Å². The molecule has 4 nitrogen and oxygen atoms in total. The van der Waals surface area contributed by atoms with Gasteiger partial charge in [-0.3, -0.25) is 4.79 Å². The topological polar surface area (TPSA) is 69.5 Å². The third kappa shape index (κ3) is 1.59. The highest BCUT2D eigenvalue weighted by Crippen LogP contribution is 2.21. The number of rotatable bonds is 1. The molecule has 1 heterocycles. The Morgan fingerprint density at radius 1 is 1.38 bits per heavy atom. The molecule has 2 rings (SSSR count). The Labute approximate surface area is 92.2 Å². The second kappa shape index (κ2) is 3.99. The highest BCUT2D eigenvalue weighted by atomic mass is 16.1. The van der Waals surface area contributed by atoms with Crippen LogP contribution in [0, 0.1) is 18.3 Å². The average molecular weight is 211 g/mol. The summed E-state index contributed by atoms with van der Waals surface area (Å²) >= 11 is 0. The zero-order valence-corrected chi connectivity index (χ0v) is 8.69. The van der Waals surface area contributed by atoms with Crippen molar-refractivity contribution in [2.75, 3.05) is 0 Å². The van der Waals surface area contributed by atoms with Crippen molar-refractivity contribution in [1.82, 2.24) is 9.97 Å². The number of aromatic nitrogens is 2. The van der Waals surface area contributed by atoms with E-state index >= 15 is 0 Å². The summed E-state index contributed by atoms with van der Waals surface area (Å²) in [6, 6.07) is 9.40. The normalized spacial score (nSPS) is 9.75. The van der Waals surface area contributed by atoms with Crippen molar-refractivity contribution in [3.8, 4) is 17.3 Å². The number of aryl methyl sites for hydroxylation is 1. The number of H-pyrrole nitrogens is 1. The van der Waals surface area contributed by atoms with Crippen molar-refractivity contribution < 1.29 is 0 Å². The van der Waals surface area contributed by atoms with Gasteiger partial charge in [-0.05, 0) is 12.5 Å². The predicted molar refractivity (Wildman–Crippen MR) is 59.7 cm³/mol. The van der Waals surface area contributed by atoms with Gasteiger partial charge in [-0.25, -0.2) is 4.98 Å². The maximum atomic E-state index is 11.4.